The zero-order valence-electron chi connectivity index (χ0n) is 10.4. The zero-order chi connectivity index (χ0) is 13.1. The monoisotopic (exact) mass is 261 g/mol. The number of hydrogen-bond donors (Lipinski definition) is 1. The number of imide groups is 1. The maximum atomic E-state index is 11.3. The number of rotatable bonds is 3. The van der Waals surface area contributed by atoms with Crippen LogP contribution in [0, 0.1) is 0 Å². The van der Waals surface area contributed by atoms with Crippen molar-refractivity contribution in [1.82, 2.24) is 5.32 Å². The molecule has 1 aromatic carbocycles. The molecule has 1 saturated heterocycles. The largest absolute Gasteiger partial charge is 0.290 e. The van der Waals surface area contributed by atoms with E-state index in [0.717, 1.165) is 17.3 Å². The smallest absolute Gasteiger partial charge is 0.282 e. The van der Waals surface area contributed by atoms with Crippen LogP contribution in [0.5, 0.6) is 0 Å². The number of carbonyl (C=O) groups excluding carboxylic acids is 2. The minimum Gasteiger partial charge on any atom is -0.282 e. The summed E-state index contributed by atoms with van der Waals surface area (Å²) in [5.41, 5.74) is 2.44. The van der Waals surface area contributed by atoms with Gasteiger partial charge in [0, 0.05) is 0 Å². The van der Waals surface area contributed by atoms with E-state index in [-0.39, 0.29) is 11.1 Å². The molecule has 0 bridgehead atoms. The van der Waals surface area contributed by atoms with E-state index in [1.807, 2.05) is 0 Å². The lowest BCUT2D eigenvalue weighted by molar-refractivity contribution is -0.115. The van der Waals surface area contributed by atoms with Crippen LogP contribution in [0.15, 0.2) is 35.2 Å². The minimum atomic E-state index is -0.290. The van der Waals surface area contributed by atoms with Gasteiger partial charge in [0.15, 0.2) is 0 Å². The highest BCUT2D eigenvalue weighted by molar-refractivity contribution is 8.18. The van der Waals surface area contributed by atoms with Gasteiger partial charge in [0.25, 0.3) is 11.1 Å². The first-order valence-electron chi connectivity index (χ1n) is 5.88. The molecule has 1 aromatic rings. The van der Waals surface area contributed by atoms with Crippen molar-refractivity contribution in [3.63, 3.8) is 0 Å². The molecule has 0 saturated carbocycles. The van der Waals surface area contributed by atoms with Crippen molar-refractivity contribution < 1.29 is 9.59 Å². The molecule has 0 unspecified atom stereocenters. The van der Waals surface area contributed by atoms with E-state index in [9.17, 15) is 9.59 Å². The molecule has 0 atom stereocenters. The Morgan fingerprint density at radius 2 is 1.89 bits per heavy atom. The van der Waals surface area contributed by atoms with E-state index in [1.165, 1.54) is 5.56 Å². The van der Waals surface area contributed by atoms with Crippen molar-refractivity contribution in [2.24, 2.45) is 0 Å². The van der Waals surface area contributed by atoms with Gasteiger partial charge in [-0.25, -0.2) is 0 Å². The number of benzene rings is 1. The Labute approximate surface area is 111 Å². The highest BCUT2D eigenvalue weighted by Gasteiger charge is 2.24. The highest BCUT2D eigenvalue weighted by Crippen LogP contribution is 2.23. The number of amides is 2. The lowest BCUT2D eigenvalue weighted by Crippen LogP contribution is -2.17. The van der Waals surface area contributed by atoms with Gasteiger partial charge < -0.3 is 0 Å². The first-order chi connectivity index (χ1) is 8.56. The van der Waals surface area contributed by atoms with Crippen LogP contribution < -0.4 is 5.32 Å². The van der Waals surface area contributed by atoms with Crippen LogP contribution in [0.4, 0.5) is 4.79 Å². The molecule has 1 aliphatic heterocycles. The summed E-state index contributed by atoms with van der Waals surface area (Å²) < 4.78 is 0. The third kappa shape index (κ3) is 3.01. The summed E-state index contributed by atoms with van der Waals surface area (Å²) in [7, 11) is 0. The first-order valence-corrected chi connectivity index (χ1v) is 6.70. The standard InChI is InChI=1S/C14H15NO2S/c1-9(2)11-6-3-10(4-7-11)5-8-12-13(16)15-14(17)18-12/h3-4,6-9H,5H2,1-2H3,(H,15,16,17). The zero-order valence-corrected chi connectivity index (χ0v) is 11.2. The van der Waals surface area contributed by atoms with Crippen molar-refractivity contribution in [3.05, 3.63) is 46.4 Å². The molecule has 2 rings (SSSR count). The van der Waals surface area contributed by atoms with Crippen LogP contribution in [0.2, 0.25) is 0 Å². The molecule has 18 heavy (non-hydrogen) atoms. The average Bonchev–Trinajstić information content (AvgIpc) is 2.66. The molecule has 1 heterocycles. The van der Waals surface area contributed by atoms with Crippen LogP contribution >= 0.6 is 11.8 Å². The van der Waals surface area contributed by atoms with Gasteiger partial charge in [-0.1, -0.05) is 44.2 Å². The van der Waals surface area contributed by atoms with Gasteiger partial charge in [0.1, 0.15) is 0 Å². The van der Waals surface area contributed by atoms with E-state index >= 15 is 0 Å². The Balaban J connectivity index is 2.04. The van der Waals surface area contributed by atoms with Gasteiger partial charge in [0.05, 0.1) is 4.91 Å². The van der Waals surface area contributed by atoms with Gasteiger partial charge >= 0.3 is 0 Å². The van der Waals surface area contributed by atoms with E-state index in [1.54, 1.807) is 6.08 Å². The summed E-state index contributed by atoms with van der Waals surface area (Å²) in [6.07, 6.45) is 2.47. The Morgan fingerprint density at radius 1 is 1.22 bits per heavy atom. The molecular formula is C14H15NO2S. The molecule has 3 nitrogen and oxygen atoms in total. The third-order valence-corrected chi connectivity index (χ3v) is 3.67. The van der Waals surface area contributed by atoms with Gasteiger partial charge in [-0.2, -0.15) is 0 Å². The normalized spacial score (nSPS) is 17.6. The van der Waals surface area contributed by atoms with Crippen LogP contribution in [0.25, 0.3) is 0 Å². The highest BCUT2D eigenvalue weighted by atomic mass is 32.2. The van der Waals surface area contributed by atoms with Gasteiger partial charge in [-0.05, 0) is 35.2 Å². The molecule has 4 heteroatoms. The second kappa shape index (κ2) is 5.40. The Hall–Kier alpha value is -1.55. The molecule has 0 spiro atoms. The summed E-state index contributed by atoms with van der Waals surface area (Å²) in [4.78, 5) is 22.8. The lowest BCUT2D eigenvalue weighted by atomic mass is 10.0. The van der Waals surface area contributed by atoms with E-state index in [2.05, 4.69) is 43.4 Å². The summed E-state index contributed by atoms with van der Waals surface area (Å²) in [6.45, 7) is 4.31. The average molecular weight is 261 g/mol. The van der Waals surface area contributed by atoms with Crippen LogP contribution in [0.1, 0.15) is 30.9 Å². The summed E-state index contributed by atoms with van der Waals surface area (Å²) >= 11 is 0.962. The Morgan fingerprint density at radius 3 is 2.39 bits per heavy atom. The molecule has 94 valence electrons. The quantitative estimate of drug-likeness (QED) is 0.850. The number of thioether (sulfide) groups is 1. The SMILES string of the molecule is CC(C)c1ccc(CC=C2SC(=O)NC2=O)cc1. The van der Waals surface area contributed by atoms with Crippen molar-refractivity contribution in [3.8, 4) is 0 Å². The molecule has 2 amide bonds. The van der Waals surface area contributed by atoms with Crippen LogP contribution in [-0.4, -0.2) is 11.1 Å². The minimum absolute atomic E-state index is 0.288. The lowest BCUT2D eigenvalue weighted by Gasteiger charge is -2.05. The first kappa shape index (κ1) is 12.9. The summed E-state index contributed by atoms with van der Waals surface area (Å²) in [6, 6.07) is 8.33. The molecule has 1 fully saturated rings. The molecule has 0 radical (unpaired) electrons. The maximum Gasteiger partial charge on any atom is 0.290 e. The molecular weight excluding hydrogens is 246 g/mol. The molecule has 0 aromatic heterocycles. The number of carbonyl (C=O) groups is 2. The fraction of sp³-hybridized carbons (Fsp3) is 0.286. The van der Waals surface area contributed by atoms with E-state index in [0.29, 0.717) is 17.2 Å². The summed E-state index contributed by atoms with van der Waals surface area (Å²) in [5.74, 6) is 0.231. The molecule has 1 aliphatic rings. The fourth-order valence-corrected chi connectivity index (χ4v) is 2.36. The third-order valence-electron chi connectivity index (χ3n) is 2.81. The Kier molecular flexibility index (Phi) is 3.87. The van der Waals surface area contributed by atoms with Gasteiger partial charge in [-0.3, -0.25) is 14.9 Å². The van der Waals surface area contributed by atoms with E-state index in [4.69, 9.17) is 0 Å². The van der Waals surface area contributed by atoms with Crippen molar-refractivity contribution in [2.45, 2.75) is 26.2 Å². The second-order valence-electron chi connectivity index (χ2n) is 4.51. The topological polar surface area (TPSA) is 46.2 Å². The maximum absolute atomic E-state index is 11.3. The van der Waals surface area contributed by atoms with E-state index < -0.39 is 0 Å². The van der Waals surface area contributed by atoms with Crippen LogP contribution in [0.3, 0.4) is 0 Å². The van der Waals surface area contributed by atoms with Crippen molar-refractivity contribution in [1.29, 1.82) is 0 Å². The van der Waals surface area contributed by atoms with Crippen molar-refractivity contribution in [2.75, 3.05) is 0 Å². The van der Waals surface area contributed by atoms with Crippen LogP contribution in [-0.2, 0) is 11.2 Å². The number of nitrogens with one attached hydrogen (secondary N) is 1. The summed E-state index contributed by atoms with van der Waals surface area (Å²) in [5, 5.41) is 1.95. The number of hydrogen-bond acceptors (Lipinski definition) is 3. The predicted octanol–water partition coefficient (Wildman–Crippen LogP) is 3.22. The fourth-order valence-electron chi connectivity index (χ4n) is 1.71. The predicted molar refractivity (Wildman–Crippen MR) is 73.4 cm³/mol. The van der Waals surface area contributed by atoms with Gasteiger partial charge in [0.2, 0.25) is 0 Å². The Bertz CT molecular complexity index is 503. The molecule has 0 aliphatic carbocycles. The number of allylic oxidation sites excluding steroid dienone is 1. The molecule has 1 N–H and O–H groups in total. The van der Waals surface area contributed by atoms with Crippen molar-refractivity contribution >= 4 is 22.9 Å². The van der Waals surface area contributed by atoms with Gasteiger partial charge in [-0.15, -0.1) is 0 Å². The second-order valence-corrected chi connectivity index (χ2v) is 5.53.